The quantitative estimate of drug-likeness (QED) is 0.508. The summed E-state index contributed by atoms with van der Waals surface area (Å²) in [7, 11) is -4.01. The fourth-order valence-electron chi connectivity index (χ4n) is 3.17. The van der Waals surface area contributed by atoms with Gasteiger partial charge in [-0.1, -0.05) is 23.7 Å². The number of pyridine rings is 1. The summed E-state index contributed by atoms with van der Waals surface area (Å²) in [6, 6.07) is 9.43. The highest BCUT2D eigenvalue weighted by atomic mass is 35.5. The van der Waals surface area contributed by atoms with Gasteiger partial charge in [-0.25, -0.2) is 8.42 Å². The third-order valence-electron chi connectivity index (χ3n) is 4.27. The molecule has 0 bridgehead atoms. The lowest BCUT2D eigenvalue weighted by Gasteiger charge is -2.20. The van der Waals surface area contributed by atoms with Crippen LogP contribution in [0.5, 0.6) is 0 Å². The van der Waals surface area contributed by atoms with Crippen molar-refractivity contribution < 1.29 is 17.5 Å². The number of hydrogen-bond acceptors (Lipinski definition) is 3. The van der Waals surface area contributed by atoms with Gasteiger partial charge in [0, 0.05) is 11.6 Å². The van der Waals surface area contributed by atoms with Crippen LogP contribution >= 0.6 is 11.6 Å². The molecule has 2 aromatic carbocycles. The monoisotopic (exact) mass is 378 g/mol. The number of aromatic nitrogens is 1. The zero-order chi connectivity index (χ0) is 17.8. The average Bonchev–Trinajstić information content (AvgIpc) is 2.97. The molecule has 0 radical (unpaired) electrons. The first-order valence-corrected chi connectivity index (χ1v) is 9.32. The van der Waals surface area contributed by atoms with Crippen LogP contribution in [0.2, 0.25) is 5.02 Å². The highest BCUT2D eigenvalue weighted by molar-refractivity contribution is 7.93. The first-order chi connectivity index (χ1) is 11.9. The van der Waals surface area contributed by atoms with Crippen LogP contribution in [0.1, 0.15) is 5.56 Å². The molecule has 1 aliphatic rings. The second-order valence-corrected chi connectivity index (χ2v) is 8.05. The molecular formula is C17H12ClFN2O3S. The van der Waals surface area contributed by atoms with Crippen molar-refractivity contribution in [3.05, 3.63) is 70.4 Å². The Morgan fingerprint density at radius 3 is 2.80 bits per heavy atom. The Morgan fingerprint density at radius 1 is 1.20 bits per heavy atom. The maximum Gasteiger partial charge on any atom is 0.265 e. The minimum Gasteiger partial charge on any atom is -0.619 e. The molecule has 0 saturated heterocycles. The van der Waals surface area contributed by atoms with Crippen molar-refractivity contribution in [2.75, 3.05) is 10.8 Å². The Balaban J connectivity index is 1.94. The van der Waals surface area contributed by atoms with Crippen molar-refractivity contribution >= 4 is 38.1 Å². The molecule has 25 heavy (non-hydrogen) atoms. The Labute approximate surface area is 148 Å². The molecule has 0 spiro atoms. The minimum absolute atomic E-state index is 0.0925. The maximum atomic E-state index is 14.4. The summed E-state index contributed by atoms with van der Waals surface area (Å²) < 4.78 is 42.3. The Kier molecular flexibility index (Phi) is 3.59. The van der Waals surface area contributed by atoms with Gasteiger partial charge in [0.05, 0.1) is 21.4 Å². The van der Waals surface area contributed by atoms with Crippen LogP contribution < -0.4 is 9.04 Å². The van der Waals surface area contributed by atoms with E-state index in [-0.39, 0.29) is 22.2 Å². The number of hydrogen-bond donors (Lipinski definition) is 0. The van der Waals surface area contributed by atoms with Crippen molar-refractivity contribution in [1.82, 2.24) is 0 Å². The van der Waals surface area contributed by atoms with Gasteiger partial charge in [0.25, 0.3) is 10.0 Å². The third-order valence-corrected chi connectivity index (χ3v) is 6.36. The Hall–Kier alpha value is -2.38. The van der Waals surface area contributed by atoms with Crippen molar-refractivity contribution in [2.45, 2.75) is 11.3 Å². The molecule has 0 unspecified atom stereocenters. The summed E-state index contributed by atoms with van der Waals surface area (Å²) in [6.07, 6.45) is 2.42. The van der Waals surface area contributed by atoms with E-state index in [9.17, 15) is 18.0 Å². The summed E-state index contributed by atoms with van der Waals surface area (Å²) in [4.78, 5) is -0.170. The lowest BCUT2D eigenvalue weighted by atomic mass is 10.2. The molecule has 0 amide bonds. The van der Waals surface area contributed by atoms with E-state index < -0.39 is 15.8 Å². The second-order valence-electron chi connectivity index (χ2n) is 5.79. The Morgan fingerprint density at radius 2 is 2.00 bits per heavy atom. The van der Waals surface area contributed by atoms with E-state index in [1.807, 2.05) is 0 Å². The van der Waals surface area contributed by atoms with Gasteiger partial charge in [-0.2, -0.15) is 9.12 Å². The molecular weight excluding hydrogens is 367 g/mol. The molecule has 0 fully saturated rings. The number of benzene rings is 2. The van der Waals surface area contributed by atoms with Gasteiger partial charge in [0.15, 0.2) is 12.0 Å². The number of fused-ring (bicyclic) bond motifs is 2. The van der Waals surface area contributed by atoms with Crippen LogP contribution in [0, 0.1) is 11.0 Å². The maximum absolute atomic E-state index is 14.4. The second kappa shape index (κ2) is 5.57. The normalized spacial score (nSPS) is 14.1. The third kappa shape index (κ3) is 2.51. The number of sulfonamides is 1. The van der Waals surface area contributed by atoms with E-state index in [1.54, 1.807) is 18.2 Å². The predicted molar refractivity (Wildman–Crippen MR) is 92.6 cm³/mol. The van der Waals surface area contributed by atoms with Crippen LogP contribution in [-0.2, 0) is 16.4 Å². The molecule has 0 atom stereocenters. The molecule has 0 saturated carbocycles. The van der Waals surface area contributed by atoms with Crippen molar-refractivity contribution in [2.24, 2.45) is 0 Å². The first kappa shape index (κ1) is 16.1. The van der Waals surface area contributed by atoms with E-state index in [4.69, 9.17) is 11.6 Å². The lowest BCUT2D eigenvalue weighted by Crippen LogP contribution is -2.30. The van der Waals surface area contributed by atoms with Gasteiger partial charge >= 0.3 is 0 Å². The van der Waals surface area contributed by atoms with Gasteiger partial charge in [0.1, 0.15) is 0 Å². The largest absolute Gasteiger partial charge is 0.619 e. The molecule has 4 rings (SSSR count). The van der Waals surface area contributed by atoms with E-state index in [0.717, 1.165) is 18.0 Å². The number of anilines is 1. The van der Waals surface area contributed by atoms with Crippen molar-refractivity contribution in [3.63, 3.8) is 0 Å². The van der Waals surface area contributed by atoms with Crippen LogP contribution in [0.15, 0.2) is 53.7 Å². The van der Waals surface area contributed by atoms with Gasteiger partial charge in [-0.3, -0.25) is 4.31 Å². The van der Waals surface area contributed by atoms with E-state index in [1.165, 1.54) is 22.5 Å². The average molecular weight is 379 g/mol. The fourth-order valence-corrected chi connectivity index (χ4v) is 5.06. The summed E-state index contributed by atoms with van der Waals surface area (Å²) >= 11 is 6.00. The van der Waals surface area contributed by atoms with Crippen LogP contribution in [-0.4, -0.2) is 15.0 Å². The molecule has 8 heteroatoms. The van der Waals surface area contributed by atoms with Crippen LogP contribution in [0.3, 0.4) is 0 Å². The zero-order valence-electron chi connectivity index (χ0n) is 12.8. The standard InChI is InChI=1S/C17H12ClFN2O3S/c18-13-5-4-11-6-7-21(15(11)8-13)25(23,24)16-3-1-2-12-9-20(22)10-14(19)17(12)16/h1-5,8-10H,6-7H2. The van der Waals surface area contributed by atoms with Crippen molar-refractivity contribution in [1.29, 1.82) is 0 Å². The summed E-state index contributed by atoms with van der Waals surface area (Å²) in [5.41, 5.74) is 1.37. The number of rotatable bonds is 2. The number of halogens is 2. The molecule has 0 aliphatic carbocycles. The van der Waals surface area contributed by atoms with E-state index in [0.29, 0.717) is 21.9 Å². The topological polar surface area (TPSA) is 64.3 Å². The van der Waals surface area contributed by atoms with Gasteiger partial charge in [-0.05, 0) is 36.2 Å². The molecule has 1 aromatic heterocycles. The van der Waals surface area contributed by atoms with Crippen LogP contribution in [0.4, 0.5) is 10.1 Å². The zero-order valence-corrected chi connectivity index (χ0v) is 14.4. The lowest BCUT2D eigenvalue weighted by molar-refractivity contribution is -0.605. The molecule has 1 aliphatic heterocycles. The molecule has 5 nitrogen and oxygen atoms in total. The molecule has 3 aromatic rings. The smallest absolute Gasteiger partial charge is 0.265 e. The highest BCUT2D eigenvalue weighted by Crippen LogP contribution is 2.36. The summed E-state index contributed by atoms with van der Waals surface area (Å²) in [6.45, 7) is 0.254. The first-order valence-electron chi connectivity index (χ1n) is 7.50. The number of nitrogens with zero attached hydrogens (tertiary/aromatic N) is 2. The van der Waals surface area contributed by atoms with Crippen LogP contribution in [0.25, 0.3) is 10.8 Å². The fraction of sp³-hybridized carbons (Fsp3) is 0.118. The minimum atomic E-state index is -4.01. The predicted octanol–water partition coefficient (Wildman–Crippen LogP) is 3.02. The molecule has 128 valence electrons. The van der Waals surface area contributed by atoms with Gasteiger partial charge in [-0.15, -0.1) is 0 Å². The molecule has 0 N–H and O–H groups in total. The highest BCUT2D eigenvalue weighted by Gasteiger charge is 2.33. The summed E-state index contributed by atoms with van der Waals surface area (Å²) in [5, 5.41) is 12.0. The van der Waals surface area contributed by atoms with E-state index >= 15 is 0 Å². The van der Waals surface area contributed by atoms with Crippen molar-refractivity contribution in [3.8, 4) is 0 Å². The summed E-state index contributed by atoms with van der Waals surface area (Å²) in [5.74, 6) is -0.878. The SMILES string of the molecule is O=S(=O)(c1cccc2c[n+]([O-])cc(F)c12)N1CCc2ccc(Cl)cc21. The van der Waals surface area contributed by atoms with E-state index in [2.05, 4.69) is 0 Å². The van der Waals surface area contributed by atoms with Gasteiger partial charge in [0.2, 0.25) is 6.20 Å². The molecule has 2 heterocycles. The Bertz CT molecular complexity index is 1120. The van der Waals surface area contributed by atoms with Gasteiger partial charge < -0.3 is 5.21 Å².